The van der Waals surface area contributed by atoms with E-state index in [2.05, 4.69) is 54.5 Å². The van der Waals surface area contributed by atoms with Gasteiger partial charge in [0.2, 0.25) is 0 Å². The second-order valence-electron chi connectivity index (χ2n) is 3.73. The first kappa shape index (κ1) is 14.3. The number of hydrogen-bond acceptors (Lipinski definition) is 3. The van der Waals surface area contributed by atoms with Crippen molar-refractivity contribution in [2.24, 2.45) is 10.9 Å². The highest BCUT2D eigenvalue weighted by Crippen LogP contribution is 2.32. The quantitative estimate of drug-likeness (QED) is 0.246. The molecule has 0 fully saturated rings. The Balaban J connectivity index is 2.52. The van der Waals surface area contributed by atoms with E-state index in [1.807, 2.05) is 6.92 Å². The molecule has 4 nitrogen and oxygen atoms in total. The van der Waals surface area contributed by atoms with Crippen LogP contribution in [-0.2, 0) is 0 Å². The van der Waals surface area contributed by atoms with Crippen molar-refractivity contribution in [1.29, 1.82) is 0 Å². The summed E-state index contributed by atoms with van der Waals surface area (Å²) in [6, 6.07) is 4.10. The smallest absolute Gasteiger partial charge is 0.139 e. The fourth-order valence-electron chi connectivity index (χ4n) is 1.40. The zero-order valence-electron chi connectivity index (χ0n) is 9.50. The van der Waals surface area contributed by atoms with Crippen LogP contribution in [0.3, 0.4) is 0 Å². The number of halogens is 2. The molecule has 0 aliphatic rings. The third kappa shape index (κ3) is 4.55. The van der Waals surface area contributed by atoms with Crippen LogP contribution < -0.4 is 11.1 Å². The Bertz CT molecular complexity index is 398. The molecule has 0 aliphatic heterocycles. The van der Waals surface area contributed by atoms with E-state index in [0.717, 1.165) is 27.6 Å². The first-order chi connectivity index (χ1) is 8.04. The van der Waals surface area contributed by atoms with Gasteiger partial charge in [-0.3, -0.25) is 0 Å². The molecule has 17 heavy (non-hydrogen) atoms. The Morgan fingerprint density at radius 2 is 2.00 bits per heavy atom. The van der Waals surface area contributed by atoms with Gasteiger partial charge in [0.25, 0.3) is 0 Å². The molecule has 1 aromatic rings. The van der Waals surface area contributed by atoms with Gasteiger partial charge in [-0.25, -0.2) is 0 Å². The Labute approximate surface area is 118 Å². The van der Waals surface area contributed by atoms with Crippen LogP contribution in [0.15, 0.2) is 26.2 Å². The Hall–Kier alpha value is -0.750. The summed E-state index contributed by atoms with van der Waals surface area (Å²) in [6.07, 6.45) is 1.38. The summed E-state index contributed by atoms with van der Waals surface area (Å²) >= 11 is 7.02. The number of hydrogen-bond donors (Lipinski definition) is 3. The average Bonchev–Trinajstić information content (AvgIpc) is 2.26. The van der Waals surface area contributed by atoms with Gasteiger partial charge in [0.05, 0.1) is 5.69 Å². The number of nitrogens with one attached hydrogen (secondary N) is 1. The molecule has 0 unspecified atom stereocenters. The lowest BCUT2D eigenvalue weighted by molar-refractivity contribution is 0.316. The SMILES string of the molecule is Cc1cc(Br)c(NCCCC(N)=NO)c(Br)c1. The Morgan fingerprint density at radius 1 is 1.41 bits per heavy atom. The van der Waals surface area contributed by atoms with Gasteiger partial charge >= 0.3 is 0 Å². The molecule has 0 atom stereocenters. The average molecular weight is 365 g/mol. The lowest BCUT2D eigenvalue weighted by atomic mass is 10.2. The van der Waals surface area contributed by atoms with Crippen molar-refractivity contribution in [3.8, 4) is 0 Å². The second-order valence-corrected chi connectivity index (χ2v) is 5.43. The first-order valence-corrected chi connectivity index (χ1v) is 6.79. The monoisotopic (exact) mass is 363 g/mol. The summed E-state index contributed by atoms with van der Waals surface area (Å²) < 4.78 is 2.04. The summed E-state index contributed by atoms with van der Waals surface area (Å²) in [6.45, 7) is 2.80. The lowest BCUT2D eigenvalue weighted by Crippen LogP contribution is -2.13. The van der Waals surface area contributed by atoms with Gasteiger partial charge < -0.3 is 16.3 Å². The summed E-state index contributed by atoms with van der Waals surface area (Å²) in [5.74, 6) is 0.258. The van der Waals surface area contributed by atoms with Crippen molar-refractivity contribution in [2.75, 3.05) is 11.9 Å². The number of rotatable bonds is 5. The maximum Gasteiger partial charge on any atom is 0.139 e. The molecule has 1 rings (SSSR count). The minimum Gasteiger partial charge on any atom is -0.409 e. The molecular weight excluding hydrogens is 350 g/mol. The van der Waals surface area contributed by atoms with Crippen LogP contribution in [0, 0.1) is 6.92 Å². The van der Waals surface area contributed by atoms with Crippen molar-refractivity contribution in [3.63, 3.8) is 0 Å². The summed E-state index contributed by atoms with van der Waals surface area (Å²) in [4.78, 5) is 0. The van der Waals surface area contributed by atoms with Crippen LogP contribution in [0.4, 0.5) is 5.69 Å². The van der Waals surface area contributed by atoms with Crippen LogP contribution in [0.5, 0.6) is 0 Å². The van der Waals surface area contributed by atoms with Crippen LogP contribution in [-0.4, -0.2) is 17.6 Å². The molecule has 0 bridgehead atoms. The molecule has 94 valence electrons. The van der Waals surface area contributed by atoms with Gasteiger partial charge in [0.1, 0.15) is 5.84 Å². The number of aryl methyl sites for hydroxylation is 1. The van der Waals surface area contributed by atoms with Gasteiger partial charge in [-0.05, 0) is 62.9 Å². The van der Waals surface area contributed by atoms with Crippen LogP contribution >= 0.6 is 31.9 Å². The number of nitrogens with two attached hydrogens (primary N) is 1. The van der Waals surface area contributed by atoms with Gasteiger partial charge in [-0.2, -0.15) is 0 Å². The molecule has 0 aliphatic carbocycles. The van der Waals surface area contributed by atoms with E-state index in [4.69, 9.17) is 10.9 Å². The molecule has 0 saturated carbocycles. The van der Waals surface area contributed by atoms with Crippen LogP contribution in [0.25, 0.3) is 0 Å². The van der Waals surface area contributed by atoms with E-state index in [0.29, 0.717) is 6.42 Å². The number of oxime groups is 1. The fourth-order valence-corrected chi connectivity index (χ4v) is 3.10. The zero-order chi connectivity index (χ0) is 12.8. The molecule has 0 heterocycles. The van der Waals surface area contributed by atoms with E-state index in [1.165, 1.54) is 5.56 Å². The second kappa shape index (κ2) is 6.86. The first-order valence-electron chi connectivity index (χ1n) is 5.20. The molecule has 4 N–H and O–H groups in total. The topological polar surface area (TPSA) is 70.6 Å². The third-order valence-corrected chi connectivity index (χ3v) is 3.48. The molecule has 0 aromatic heterocycles. The number of nitrogens with zero attached hydrogens (tertiary/aromatic N) is 1. The standard InChI is InChI=1S/C11H15Br2N3O/c1-7-5-8(12)11(9(13)6-7)15-4-2-3-10(14)16-17/h5-6,15,17H,2-4H2,1H3,(H2,14,16). The summed E-state index contributed by atoms with van der Waals surface area (Å²) in [5.41, 5.74) is 7.60. The minimum absolute atomic E-state index is 0.258. The van der Waals surface area contributed by atoms with Crippen molar-refractivity contribution in [2.45, 2.75) is 19.8 Å². The van der Waals surface area contributed by atoms with Gasteiger partial charge in [-0.15, -0.1) is 0 Å². The molecule has 0 spiro atoms. The van der Waals surface area contributed by atoms with Crippen LogP contribution in [0.2, 0.25) is 0 Å². The fraction of sp³-hybridized carbons (Fsp3) is 0.364. The largest absolute Gasteiger partial charge is 0.409 e. The van der Waals surface area contributed by atoms with E-state index >= 15 is 0 Å². The summed E-state index contributed by atoms with van der Waals surface area (Å²) in [7, 11) is 0. The summed E-state index contributed by atoms with van der Waals surface area (Å²) in [5, 5.41) is 14.6. The van der Waals surface area contributed by atoms with Crippen molar-refractivity contribution >= 4 is 43.4 Å². The maximum atomic E-state index is 8.40. The minimum atomic E-state index is 0.258. The molecule has 0 radical (unpaired) electrons. The number of benzene rings is 1. The Morgan fingerprint density at radius 3 is 2.53 bits per heavy atom. The van der Waals surface area contributed by atoms with Gasteiger partial charge in [0, 0.05) is 21.9 Å². The van der Waals surface area contributed by atoms with Gasteiger partial charge in [-0.1, -0.05) is 5.16 Å². The van der Waals surface area contributed by atoms with Crippen molar-refractivity contribution < 1.29 is 5.21 Å². The molecule has 6 heteroatoms. The molecule has 0 amide bonds. The van der Waals surface area contributed by atoms with Crippen molar-refractivity contribution in [3.05, 3.63) is 26.6 Å². The van der Waals surface area contributed by atoms with Crippen molar-refractivity contribution in [1.82, 2.24) is 0 Å². The lowest BCUT2D eigenvalue weighted by Gasteiger charge is -2.11. The van der Waals surface area contributed by atoms with E-state index < -0.39 is 0 Å². The third-order valence-electron chi connectivity index (χ3n) is 2.23. The number of amidine groups is 1. The highest BCUT2D eigenvalue weighted by Gasteiger charge is 2.05. The molecular formula is C11H15Br2N3O. The van der Waals surface area contributed by atoms with Crippen LogP contribution in [0.1, 0.15) is 18.4 Å². The predicted octanol–water partition coefficient (Wildman–Crippen LogP) is 3.46. The van der Waals surface area contributed by atoms with E-state index in [9.17, 15) is 0 Å². The highest BCUT2D eigenvalue weighted by atomic mass is 79.9. The number of anilines is 1. The van der Waals surface area contributed by atoms with Gasteiger partial charge in [0.15, 0.2) is 0 Å². The predicted molar refractivity (Wildman–Crippen MR) is 77.7 cm³/mol. The molecule has 1 aromatic carbocycles. The maximum absolute atomic E-state index is 8.40. The van der Waals surface area contributed by atoms with E-state index in [-0.39, 0.29) is 5.84 Å². The zero-order valence-corrected chi connectivity index (χ0v) is 12.7. The highest BCUT2D eigenvalue weighted by molar-refractivity contribution is 9.11. The Kier molecular flexibility index (Phi) is 5.77. The van der Waals surface area contributed by atoms with E-state index in [1.54, 1.807) is 0 Å². The molecule has 0 saturated heterocycles. The normalized spacial score (nSPS) is 11.6.